The molecule has 0 radical (unpaired) electrons. The number of anilines is 1. The zero-order valence-electron chi connectivity index (χ0n) is 13.8. The van der Waals surface area contributed by atoms with E-state index in [9.17, 15) is 4.79 Å². The topological polar surface area (TPSA) is 53.2 Å². The summed E-state index contributed by atoms with van der Waals surface area (Å²) >= 11 is 29.1. The van der Waals surface area contributed by atoms with Crippen molar-refractivity contribution in [1.82, 2.24) is 10.6 Å². The van der Waals surface area contributed by atoms with Gasteiger partial charge in [-0.15, -0.1) is 0 Å². The van der Waals surface area contributed by atoms with Gasteiger partial charge in [0.15, 0.2) is 5.11 Å². The van der Waals surface area contributed by atoms with Gasteiger partial charge in [0.1, 0.15) is 6.17 Å². The van der Waals surface area contributed by atoms with Gasteiger partial charge in [-0.3, -0.25) is 4.79 Å². The molecule has 2 aromatic carbocycles. The van der Waals surface area contributed by atoms with Crippen molar-refractivity contribution in [3.63, 3.8) is 0 Å². The standard InChI is InChI=1S/C18H15Cl4N3OS/c19-13-8-4-5-9-14(13)23-17(27)25-16(18(20,21)22)24-15(26)11-10-12-6-2-1-3-7-12/h1-11,16H,(H,24,26)(H2,23,25,27)/b11-10+/t16-/m1/s1. The summed E-state index contributed by atoms with van der Waals surface area (Å²) in [4.78, 5) is 12.2. The molecule has 2 aromatic rings. The van der Waals surface area contributed by atoms with E-state index in [0.717, 1.165) is 5.56 Å². The van der Waals surface area contributed by atoms with E-state index < -0.39 is 15.9 Å². The Bertz CT molecular complexity index is 825. The van der Waals surface area contributed by atoms with Crippen LogP contribution in [0.5, 0.6) is 0 Å². The van der Waals surface area contributed by atoms with Crippen LogP contribution in [0.25, 0.3) is 6.08 Å². The highest BCUT2D eigenvalue weighted by atomic mass is 35.6. The molecule has 0 aliphatic carbocycles. The molecule has 0 aliphatic heterocycles. The molecule has 27 heavy (non-hydrogen) atoms. The number of amides is 1. The summed E-state index contributed by atoms with van der Waals surface area (Å²) < 4.78 is -1.84. The number of rotatable bonds is 5. The van der Waals surface area contributed by atoms with E-state index in [1.165, 1.54) is 6.08 Å². The molecule has 142 valence electrons. The number of nitrogens with one attached hydrogen (secondary N) is 3. The summed E-state index contributed by atoms with van der Waals surface area (Å²) in [6.07, 6.45) is 1.91. The van der Waals surface area contributed by atoms with Gasteiger partial charge in [0.25, 0.3) is 0 Å². The van der Waals surface area contributed by atoms with Crippen LogP contribution in [0.4, 0.5) is 5.69 Å². The Labute approximate surface area is 182 Å². The number of halogens is 4. The Kier molecular flexibility index (Phi) is 8.20. The summed E-state index contributed by atoms with van der Waals surface area (Å²) in [5.41, 5.74) is 1.44. The Morgan fingerprint density at radius 1 is 1.00 bits per heavy atom. The second-order valence-corrected chi connectivity index (χ2v) is 8.49. The van der Waals surface area contributed by atoms with Gasteiger partial charge >= 0.3 is 0 Å². The molecule has 1 atom stereocenters. The number of thiocarbonyl (C=S) groups is 1. The lowest BCUT2D eigenvalue weighted by molar-refractivity contribution is -0.117. The molecule has 1 amide bonds. The van der Waals surface area contributed by atoms with Crippen LogP contribution in [-0.4, -0.2) is 21.0 Å². The molecular weight excluding hydrogens is 448 g/mol. The van der Waals surface area contributed by atoms with Crippen LogP contribution < -0.4 is 16.0 Å². The van der Waals surface area contributed by atoms with Gasteiger partial charge in [0.2, 0.25) is 9.70 Å². The minimum atomic E-state index is -1.84. The van der Waals surface area contributed by atoms with E-state index in [1.54, 1.807) is 30.3 Å². The Hall–Kier alpha value is -1.50. The molecular formula is C18H15Cl4N3OS. The van der Waals surface area contributed by atoms with Gasteiger partial charge in [0.05, 0.1) is 10.7 Å². The lowest BCUT2D eigenvalue weighted by Gasteiger charge is -2.27. The molecule has 3 N–H and O–H groups in total. The molecule has 0 aliphatic rings. The maximum Gasteiger partial charge on any atom is 0.245 e. The van der Waals surface area contributed by atoms with Gasteiger partial charge < -0.3 is 16.0 Å². The van der Waals surface area contributed by atoms with Crippen LogP contribution in [0.3, 0.4) is 0 Å². The lowest BCUT2D eigenvalue weighted by atomic mass is 10.2. The van der Waals surface area contributed by atoms with Crippen LogP contribution in [0.15, 0.2) is 60.7 Å². The maximum atomic E-state index is 12.2. The van der Waals surface area contributed by atoms with Gasteiger partial charge in [-0.1, -0.05) is 88.9 Å². The fraction of sp³-hybridized carbons (Fsp3) is 0.111. The first-order valence-corrected chi connectivity index (χ1v) is 9.60. The van der Waals surface area contributed by atoms with Crippen LogP contribution in [0.2, 0.25) is 5.02 Å². The zero-order valence-corrected chi connectivity index (χ0v) is 17.6. The highest BCUT2D eigenvalue weighted by molar-refractivity contribution is 7.80. The number of carbonyl (C=O) groups is 1. The van der Waals surface area contributed by atoms with Crippen LogP contribution in [0.1, 0.15) is 5.56 Å². The largest absolute Gasteiger partial charge is 0.339 e. The number of hydrogen-bond acceptors (Lipinski definition) is 2. The molecule has 0 fully saturated rings. The number of hydrogen-bond donors (Lipinski definition) is 3. The predicted octanol–water partition coefficient (Wildman–Crippen LogP) is 5.15. The number of alkyl halides is 3. The maximum absolute atomic E-state index is 12.2. The fourth-order valence-electron chi connectivity index (χ4n) is 1.98. The third-order valence-corrected chi connectivity index (χ3v) is 4.44. The van der Waals surface area contributed by atoms with Crippen molar-refractivity contribution in [3.05, 3.63) is 71.3 Å². The van der Waals surface area contributed by atoms with E-state index in [2.05, 4.69) is 16.0 Å². The van der Waals surface area contributed by atoms with Crippen molar-refractivity contribution in [2.75, 3.05) is 5.32 Å². The predicted molar refractivity (Wildman–Crippen MR) is 119 cm³/mol. The van der Waals surface area contributed by atoms with Gasteiger partial charge in [0, 0.05) is 6.08 Å². The number of para-hydroxylation sites is 1. The molecule has 0 aromatic heterocycles. The first-order valence-electron chi connectivity index (χ1n) is 7.68. The highest BCUT2D eigenvalue weighted by Crippen LogP contribution is 2.29. The Balaban J connectivity index is 2.00. The normalized spacial score (nSPS) is 12.4. The molecule has 0 bridgehead atoms. The van der Waals surface area contributed by atoms with E-state index in [-0.39, 0.29) is 5.11 Å². The molecule has 0 spiro atoms. The van der Waals surface area contributed by atoms with Crippen molar-refractivity contribution in [1.29, 1.82) is 0 Å². The van der Waals surface area contributed by atoms with Crippen molar-refractivity contribution < 1.29 is 4.79 Å². The molecule has 0 unspecified atom stereocenters. The molecule has 0 saturated carbocycles. The lowest BCUT2D eigenvalue weighted by Crippen LogP contribution is -2.55. The summed E-state index contributed by atoms with van der Waals surface area (Å²) in [5, 5.41) is 8.82. The minimum absolute atomic E-state index is 0.131. The fourth-order valence-corrected chi connectivity index (χ4v) is 2.72. The van der Waals surface area contributed by atoms with Crippen LogP contribution >= 0.6 is 58.6 Å². The van der Waals surface area contributed by atoms with Crippen molar-refractivity contribution >= 4 is 81.4 Å². The van der Waals surface area contributed by atoms with E-state index >= 15 is 0 Å². The Morgan fingerprint density at radius 2 is 1.63 bits per heavy atom. The second-order valence-electron chi connectivity index (χ2n) is 5.31. The Morgan fingerprint density at radius 3 is 2.26 bits per heavy atom. The van der Waals surface area contributed by atoms with Gasteiger partial charge in [-0.25, -0.2) is 0 Å². The summed E-state index contributed by atoms with van der Waals surface area (Å²) in [6, 6.07) is 16.3. The molecule has 4 nitrogen and oxygen atoms in total. The SMILES string of the molecule is O=C(/C=C/c1ccccc1)N[C@H](NC(=S)Nc1ccccc1Cl)C(Cl)(Cl)Cl. The van der Waals surface area contributed by atoms with Gasteiger partial charge in [-0.2, -0.15) is 0 Å². The average molecular weight is 463 g/mol. The van der Waals surface area contributed by atoms with Gasteiger partial charge in [-0.05, 0) is 36.0 Å². The average Bonchev–Trinajstić information content (AvgIpc) is 2.61. The van der Waals surface area contributed by atoms with Crippen molar-refractivity contribution in [2.24, 2.45) is 0 Å². The first kappa shape index (κ1) is 21.8. The monoisotopic (exact) mass is 461 g/mol. The van der Waals surface area contributed by atoms with E-state index in [1.807, 2.05) is 30.3 Å². The summed E-state index contributed by atoms with van der Waals surface area (Å²) in [5.74, 6) is -0.455. The highest BCUT2D eigenvalue weighted by Gasteiger charge is 2.34. The quantitative estimate of drug-likeness (QED) is 0.249. The van der Waals surface area contributed by atoms with Crippen LogP contribution in [0, 0.1) is 0 Å². The molecule has 2 rings (SSSR count). The summed E-state index contributed by atoms with van der Waals surface area (Å²) in [7, 11) is 0. The third-order valence-electron chi connectivity index (χ3n) is 3.24. The first-order chi connectivity index (χ1) is 12.8. The van der Waals surface area contributed by atoms with E-state index in [4.69, 9.17) is 58.6 Å². The van der Waals surface area contributed by atoms with Crippen LogP contribution in [-0.2, 0) is 4.79 Å². The van der Waals surface area contributed by atoms with E-state index in [0.29, 0.717) is 10.7 Å². The van der Waals surface area contributed by atoms with Crippen molar-refractivity contribution in [3.8, 4) is 0 Å². The smallest absolute Gasteiger partial charge is 0.245 e. The summed E-state index contributed by atoms with van der Waals surface area (Å²) in [6.45, 7) is 0. The number of carbonyl (C=O) groups excluding carboxylic acids is 1. The second kappa shape index (κ2) is 10.2. The third kappa shape index (κ3) is 7.56. The minimum Gasteiger partial charge on any atom is -0.339 e. The molecule has 0 saturated heterocycles. The zero-order chi connectivity index (χ0) is 19.9. The number of benzene rings is 2. The molecule has 0 heterocycles. The molecule has 9 heteroatoms. The van der Waals surface area contributed by atoms with Crippen molar-refractivity contribution in [2.45, 2.75) is 9.96 Å².